The van der Waals surface area contributed by atoms with E-state index >= 15 is 0 Å². The van der Waals surface area contributed by atoms with Gasteiger partial charge in [0.2, 0.25) is 0 Å². The van der Waals surface area contributed by atoms with Crippen LogP contribution in [-0.2, 0) is 10.0 Å². The minimum absolute atomic E-state index is 0.228. The SMILES string of the molecule is Cc1cc(N)c(NS(=O)(=O)c2ccc(Br)s2)c(Br)c1. The largest absolute Gasteiger partial charge is 0.397 e. The first-order valence-electron chi connectivity index (χ1n) is 5.13. The highest BCUT2D eigenvalue weighted by atomic mass is 79.9. The molecule has 0 aliphatic carbocycles. The lowest BCUT2D eigenvalue weighted by molar-refractivity contribution is 0.603. The highest BCUT2D eigenvalue weighted by Crippen LogP contribution is 2.34. The van der Waals surface area contributed by atoms with Gasteiger partial charge >= 0.3 is 0 Å². The number of hydrogen-bond acceptors (Lipinski definition) is 4. The molecular formula is C11H10Br2N2O2S2. The summed E-state index contributed by atoms with van der Waals surface area (Å²) < 4.78 is 28.5. The summed E-state index contributed by atoms with van der Waals surface area (Å²) in [5.41, 5.74) is 7.54. The van der Waals surface area contributed by atoms with Gasteiger partial charge in [-0.05, 0) is 68.6 Å². The maximum atomic E-state index is 12.2. The molecule has 102 valence electrons. The number of thiophene rings is 1. The summed E-state index contributed by atoms with van der Waals surface area (Å²) in [6, 6.07) is 6.74. The van der Waals surface area contributed by atoms with Crippen LogP contribution >= 0.6 is 43.2 Å². The van der Waals surface area contributed by atoms with E-state index in [1.54, 1.807) is 18.2 Å². The molecule has 1 aromatic heterocycles. The Morgan fingerprint density at radius 1 is 1.26 bits per heavy atom. The molecule has 0 unspecified atom stereocenters. The fourth-order valence-corrected chi connectivity index (χ4v) is 5.44. The fourth-order valence-electron chi connectivity index (χ4n) is 1.50. The minimum Gasteiger partial charge on any atom is -0.397 e. The van der Waals surface area contributed by atoms with Crippen molar-refractivity contribution in [1.29, 1.82) is 0 Å². The van der Waals surface area contributed by atoms with Crippen molar-refractivity contribution in [2.24, 2.45) is 0 Å². The Kier molecular flexibility index (Phi) is 4.24. The third kappa shape index (κ3) is 3.31. The predicted octanol–water partition coefficient (Wildman–Crippen LogP) is 3.96. The molecule has 19 heavy (non-hydrogen) atoms. The van der Waals surface area contributed by atoms with E-state index in [0.29, 0.717) is 15.8 Å². The molecule has 0 amide bonds. The Labute approximate surface area is 132 Å². The summed E-state index contributed by atoms with van der Waals surface area (Å²) in [5.74, 6) is 0. The Hall–Kier alpha value is -0.570. The van der Waals surface area contributed by atoms with Crippen molar-refractivity contribution in [1.82, 2.24) is 0 Å². The van der Waals surface area contributed by atoms with Gasteiger partial charge in [0.1, 0.15) is 4.21 Å². The fraction of sp³-hybridized carbons (Fsp3) is 0.0909. The Morgan fingerprint density at radius 2 is 1.95 bits per heavy atom. The number of nitrogens with one attached hydrogen (secondary N) is 1. The first-order valence-corrected chi connectivity index (χ1v) is 9.02. The zero-order chi connectivity index (χ0) is 14.2. The Balaban J connectivity index is 2.41. The number of hydrogen-bond donors (Lipinski definition) is 2. The first kappa shape index (κ1) is 14.8. The van der Waals surface area contributed by atoms with Crippen LogP contribution in [0.5, 0.6) is 0 Å². The van der Waals surface area contributed by atoms with Crippen molar-refractivity contribution in [3.63, 3.8) is 0 Å². The van der Waals surface area contributed by atoms with Crippen LogP contribution in [0.2, 0.25) is 0 Å². The molecule has 3 N–H and O–H groups in total. The number of nitrogens with two attached hydrogens (primary N) is 1. The van der Waals surface area contributed by atoms with Crippen LogP contribution < -0.4 is 10.5 Å². The van der Waals surface area contributed by atoms with E-state index in [1.165, 1.54) is 6.07 Å². The monoisotopic (exact) mass is 424 g/mol. The van der Waals surface area contributed by atoms with Gasteiger partial charge in [-0.1, -0.05) is 0 Å². The van der Waals surface area contributed by atoms with Gasteiger partial charge in [0.05, 0.1) is 15.2 Å². The summed E-state index contributed by atoms with van der Waals surface area (Å²) in [6.07, 6.45) is 0. The number of halogens is 2. The second-order valence-electron chi connectivity index (χ2n) is 3.88. The first-order chi connectivity index (χ1) is 8.79. The number of benzene rings is 1. The lowest BCUT2D eigenvalue weighted by Gasteiger charge is -2.12. The molecule has 2 aromatic rings. The lowest BCUT2D eigenvalue weighted by Crippen LogP contribution is -2.13. The molecule has 4 nitrogen and oxygen atoms in total. The lowest BCUT2D eigenvalue weighted by atomic mass is 10.2. The maximum absolute atomic E-state index is 12.2. The normalized spacial score (nSPS) is 11.5. The average molecular weight is 426 g/mol. The van der Waals surface area contributed by atoms with Crippen LogP contribution in [0.1, 0.15) is 5.56 Å². The summed E-state index contributed by atoms with van der Waals surface area (Å²) >= 11 is 7.70. The molecule has 0 aliphatic heterocycles. The van der Waals surface area contributed by atoms with Crippen molar-refractivity contribution >= 4 is 64.6 Å². The van der Waals surface area contributed by atoms with Crippen LogP contribution in [0.4, 0.5) is 11.4 Å². The molecule has 0 saturated heterocycles. The molecule has 2 rings (SSSR count). The van der Waals surface area contributed by atoms with E-state index in [0.717, 1.165) is 20.7 Å². The second-order valence-corrected chi connectivity index (χ2v) is 9.10. The molecule has 0 spiro atoms. The van der Waals surface area contributed by atoms with Crippen LogP contribution in [0.25, 0.3) is 0 Å². The third-order valence-electron chi connectivity index (χ3n) is 2.31. The smallest absolute Gasteiger partial charge is 0.271 e. The van der Waals surface area contributed by atoms with Crippen molar-refractivity contribution in [3.8, 4) is 0 Å². The number of aryl methyl sites for hydroxylation is 1. The quantitative estimate of drug-likeness (QED) is 0.730. The van der Waals surface area contributed by atoms with Gasteiger partial charge in [-0.2, -0.15) is 0 Å². The molecule has 8 heteroatoms. The van der Waals surface area contributed by atoms with Gasteiger partial charge in [0.25, 0.3) is 10.0 Å². The summed E-state index contributed by atoms with van der Waals surface area (Å²) in [5, 5.41) is 0. The molecule has 0 bridgehead atoms. The molecule has 0 saturated carbocycles. The molecule has 0 aliphatic rings. The number of anilines is 2. The van der Waals surface area contributed by atoms with E-state index < -0.39 is 10.0 Å². The summed E-state index contributed by atoms with van der Waals surface area (Å²) in [7, 11) is -3.62. The Bertz CT molecular complexity index is 703. The van der Waals surface area contributed by atoms with Crippen molar-refractivity contribution in [2.75, 3.05) is 10.5 Å². The van der Waals surface area contributed by atoms with Crippen LogP contribution in [0.3, 0.4) is 0 Å². The van der Waals surface area contributed by atoms with Gasteiger partial charge in [0.15, 0.2) is 0 Å². The molecule has 1 aromatic carbocycles. The van der Waals surface area contributed by atoms with Crippen LogP contribution in [-0.4, -0.2) is 8.42 Å². The van der Waals surface area contributed by atoms with E-state index in [-0.39, 0.29) is 4.21 Å². The standard InChI is InChI=1S/C11H10Br2N2O2S2/c1-6-4-7(12)11(8(14)5-6)15-19(16,17)10-3-2-9(13)18-10/h2-5,15H,14H2,1H3. The topological polar surface area (TPSA) is 72.2 Å². The van der Waals surface area contributed by atoms with Gasteiger partial charge in [-0.3, -0.25) is 4.72 Å². The van der Waals surface area contributed by atoms with E-state index in [1.807, 2.05) is 6.92 Å². The van der Waals surface area contributed by atoms with Crippen LogP contribution in [0.15, 0.2) is 36.7 Å². The highest BCUT2D eigenvalue weighted by molar-refractivity contribution is 9.11. The van der Waals surface area contributed by atoms with Gasteiger partial charge in [0, 0.05) is 4.47 Å². The van der Waals surface area contributed by atoms with Crippen LogP contribution in [0, 0.1) is 6.92 Å². The van der Waals surface area contributed by atoms with Gasteiger partial charge in [-0.15, -0.1) is 11.3 Å². The summed E-state index contributed by atoms with van der Waals surface area (Å²) in [4.78, 5) is 0. The second kappa shape index (κ2) is 5.43. The molecule has 1 heterocycles. The molecule has 0 atom stereocenters. The van der Waals surface area contributed by atoms with E-state index in [9.17, 15) is 8.42 Å². The number of rotatable bonds is 3. The van der Waals surface area contributed by atoms with Crippen molar-refractivity contribution in [2.45, 2.75) is 11.1 Å². The average Bonchev–Trinajstić information content (AvgIpc) is 2.71. The zero-order valence-electron chi connectivity index (χ0n) is 9.78. The molecular weight excluding hydrogens is 416 g/mol. The van der Waals surface area contributed by atoms with E-state index in [4.69, 9.17) is 5.73 Å². The Morgan fingerprint density at radius 3 is 2.47 bits per heavy atom. The van der Waals surface area contributed by atoms with Crippen molar-refractivity contribution in [3.05, 3.63) is 38.1 Å². The van der Waals surface area contributed by atoms with Crippen molar-refractivity contribution < 1.29 is 8.42 Å². The summed E-state index contributed by atoms with van der Waals surface area (Å²) in [6.45, 7) is 1.88. The van der Waals surface area contributed by atoms with Gasteiger partial charge in [-0.25, -0.2) is 8.42 Å². The highest BCUT2D eigenvalue weighted by Gasteiger charge is 2.19. The van der Waals surface area contributed by atoms with Gasteiger partial charge < -0.3 is 5.73 Å². The number of nitrogen functional groups attached to an aromatic ring is 1. The third-order valence-corrected chi connectivity index (χ3v) is 6.41. The number of sulfonamides is 1. The zero-order valence-corrected chi connectivity index (χ0v) is 14.6. The molecule has 0 fully saturated rings. The molecule has 0 radical (unpaired) electrons. The minimum atomic E-state index is -3.62. The predicted molar refractivity (Wildman–Crippen MR) is 86.1 cm³/mol. The maximum Gasteiger partial charge on any atom is 0.271 e. The van der Waals surface area contributed by atoms with E-state index in [2.05, 4.69) is 36.6 Å².